The van der Waals surface area contributed by atoms with Gasteiger partial charge in [-0.15, -0.1) is 24.0 Å². The second kappa shape index (κ2) is 13.4. The summed E-state index contributed by atoms with van der Waals surface area (Å²) in [6.45, 7) is 13.0. The lowest BCUT2D eigenvalue weighted by Gasteiger charge is -2.29. The zero-order chi connectivity index (χ0) is 20.3. The van der Waals surface area contributed by atoms with Gasteiger partial charge in [0.2, 0.25) is 0 Å². The maximum absolute atomic E-state index is 11.9. The quantitative estimate of drug-likeness (QED) is 0.200. The first-order valence-electron chi connectivity index (χ1n) is 9.76. The Morgan fingerprint density at radius 3 is 2.36 bits per heavy atom. The van der Waals surface area contributed by atoms with E-state index >= 15 is 0 Å². The number of alkyl carbamates (subject to hydrolysis) is 1. The molecule has 0 bridgehead atoms. The van der Waals surface area contributed by atoms with E-state index in [0.29, 0.717) is 18.6 Å². The number of aliphatic imine (C=N–C) groups is 1. The van der Waals surface area contributed by atoms with Crippen LogP contribution in [0, 0.1) is 0 Å². The molecule has 0 saturated carbocycles. The van der Waals surface area contributed by atoms with Crippen molar-refractivity contribution in [3.8, 4) is 0 Å². The van der Waals surface area contributed by atoms with Crippen molar-refractivity contribution in [1.29, 1.82) is 0 Å². The lowest BCUT2D eigenvalue weighted by molar-refractivity contribution is -0.0320. The highest BCUT2D eigenvalue weighted by molar-refractivity contribution is 14.0. The molecule has 3 N–H and O–H groups in total. The van der Waals surface area contributed by atoms with E-state index in [9.17, 15) is 4.79 Å². The number of hydrogen-bond acceptors (Lipinski definition) is 5. The summed E-state index contributed by atoms with van der Waals surface area (Å²) in [7, 11) is 1.72. The first-order chi connectivity index (χ1) is 12.6. The molecule has 0 aromatic carbocycles. The first kappa shape index (κ1) is 27.2. The number of nitrogens with zero attached hydrogens (tertiary/aromatic N) is 1. The monoisotopic (exact) mass is 514 g/mol. The third-order valence-corrected chi connectivity index (χ3v) is 3.90. The molecule has 0 radical (unpaired) electrons. The molecule has 9 heteroatoms. The van der Waals surface area contributed by atoms with E-state index in [1.807, 2.05) is 34.6 Å². The van der Waals surface area contributed by atoms with Crippen LogP contribution in [0.25, 0.3) is 0 Å². The molecule has 1 saturated heterocycles. The van der Waals surface area contributed by atoms with Gasteiger partial charge in [-0.25, -0.2) is 4.79 Å². The van der Waals surface area contributed by atoms with E-state index in [2.05, 4.69) is 20.9 Å². The number of hydrogen-bond donors (Lipinski definition) is 3. The fraction of sp³-hybridized carbons (Fsp3) is 0.895. The van der Waals surface area contributed by atoms with Crippen molar-refractivity contribution in [1.82, 2.24) is 16.0 Å². The molecule has 28 heavy (non-hydrogen) atoms. The lowest BCUT2D eigenvalue weighted by Crippen LogP contribution is -2.54. The molecule has 1 aliphatic rings. The third-order valence-electron chi connectivity index (χ3n) is 3.90. The van der Waals surface area contributed by atoms with Crippen molar-refractivity contribution >= 4 is 36.0 Å². The van der Waals surface area contributed by atoms with Gasteiger partial charge in [0, 0.05) is 40.0 Å². The second-order valence-corrected chi connectivity index (χ2v) is 8.40. The van der Waals surface area contributed by atoms with E-state index < -0.39 is 17.2 Å². The molecule has 0 spiro atoms. The number of carbonyl (C=O) groups is 1. The largest absolute Gasteiger partial charge is 0.444 e. The van der Waals surface area contributed by atoms with Crippen LogP contribution >= 0.6 is 24.0 Å². The van der Waals surface area contributed by atoms with Crippen LogP contribution in [0.3, 0.4) is 0 Å². The number of ether oxygens (including phenoxy) is 3. The molecule has 0 unspecified atom stereocenters. The summed E-state index contributed by atoms with van der Waals surface area (Å²) in [6, 6.07) is 0. The van der Waals surface area contributed by atoms with Gasteiger partial charge >= 0.3 is 6.09 Å². The van der Waals surface area contributed by atoms with Gasteiger partial charge in [0.25, 0.3) is 0 Å². The Kier molecular flexibility index (Phi) is 13.0. The van der Waals surface area contributed by atoms with Gasteiger partial charge in [-0.2, -0.15) is 0 Å². The van der Waals surface area contributed by atoms with E-state index in [0.717, 1.165) is 45.6 Å². The molecule has 0 aliphatic carbocycles. The van der Waals surface area contributed by atoms with Crippen LogP contribution in [0.4, 0.5) is 4.79 Å². The minimum absolute atomic E-state index is 0. The number of amides is 1. The maximum Gasteiger partial charge on any atom is 0.408 e. The van der Waals surface area contributed by atoms with E-state index in [1.165, 1.54) is 0 Å². The molecule has 1 fully saturated rings. The van der Waals surface area contributed by atoms with E-state index in [4.69, 9.17) is 14.2 Å². The number of carbonyl (C=O) groups excluding carboxylic acids is 1. The molecular formula is C19H39IN4O4. The number of guanidine groups is 1. The van der Waals surface area contributed by atoms with Crippen LogP contribution in [-0.4, -0.2) is 69.3 Å². The Bertz CT molecular complexity index is 475. The van der Waals surface area contributed by atoms with Crippen molar-refractivity contribution in [2.24, 2.45) is 4.99 Å². The molecular weight excluding hydrogens is 475 g/mol. The number of nitrogens with one attached hydrogen (secondary N) is 3. The van der Waals surface area contributed by atoms with Crippen molar-refractivity contribution in [3.05, 3.63) is 0 Å². The van der Waals surface area contributed by atoms with Gasteiger partial charge in [-0.3, -0.25) is 4.99 Å². The third kappa shape index (κ3) is 13.4. The van der Waals surface area contributed by atoms with Crippen LogP contribution in [0.2, 0.25) is 0 Å². The zero-order valence-corrected chi connectivity index (χ0v) is 20.6. The number of halogens is 1. The highest BCUT2D eigenvalue weighted by Crippen LogP contribution is 2.10. The predicted octanol–water partition coefficient (Wildman–Crippen LogP) is 2.66. The maximum atomic E-state index is 11.9. The molecule has 0 aromatic rings. The van der Waals surface area contributed by atoms with E-state index in [-0.39, 0.29) is 24.0 Å². The number of rotatable bonds is 8. The molecule has 0 aromatic heterocycles. The average molecular weight is 514 g/mol. The lowest BCUT2D eigenvalue weighted by atomic mass is 10.1. The normalized spacial score (nSPS) is 16.1. The Hall–Kier alpha value is -0.810. The molecule has 1 rings (SSSR count). The fourth-order valence-corrected chi connectivity index (χ4v) is 2.52. The predicted molar refractivity (Wildman–Crippen MR) is 123 cm³/mol. The summed E-state index contributed by atoms with van der Waals surface area (Å²) in [5, 5.41) is 9.36. The summed E-state index contributed by atoms with van der Waals surface area (Å²) in [6.07, 6.45) is 2.77. The van der Waals surface area contributed by atoms with Gasteiger partial charge in [0.1, 0.15) is 5.60 Å². The summed E-state index contributed by atoms with van der Waals surface area (Å²) >= 11 is 0. The Morgan fingerprint density at radius 1 is 1.14 bits per heavy atom. The standard InChI is InChI=1S/C19H38N4O4.HI/c1-18(2,3)27-17(24)23-19(4,5)14-22-16(20-6)21-10-7-11-26-15-8-12-25-13-9-15;/h15H,7-14H2,1-6H3,(H,23,24)(H2,20,21,22);1H. The average Bonchev–Trinajstić information content (AvgIpc) is 2.56. The van der Waals surface area contributed by atoms with Crippen LogP contribution in [0.1, 0.15) is 53.9 Å². The van der Waals surface area contributed by atoms with Crippen LogP contribution in [-0.2, 0) is 14.2 Å². The van der Waals surface area contributed by atoms with Crippen molar-refractivity contribution in [3.63, 3.8) is 0 Å². The summed E-state index contributed by atoms with van der Waals surface area (Å²) < 4.78 is 16.5. The van der Waals surface area contributed by atoms with Crippen LogP contribution < -0.4 is 16.0 Å². The fourth-order valence-electron chi connectivity index (χ4n) is 2.52. The molecule has 1 heterocycles. The zero-order valence-electron chi connectivity index (χ0n) is 18.2. The van der Waals surface area contributed by atoms with Gasteiger partial charge < -0.3 is 30.2 Å². The smallest absolute Gasteiger partial charge is 0.408 e. The molecule has 0 atom stereocenters. The van der Waals surface area contributed by atoms with Crippen molar-refractivity contribution in [2.75, 3.05) is 40.0 Å². The summed E-state index contributed by atoms with van der Waals surface area (Å²) in [5.74, 6) is 0.695. The summed E-state index contributed by atoms with van der Waals surface area (Å²) in [5.41, 5.74) is -0.996. The second-order valence-electron chi connectivity index (χ2n) is 8.40. The van der Waals surface area contributed by atoms with Gasteiger partial charge in [-0.05, 0) is 53.9 Å². The molecule has 8 nitrogen and oxygen atoms in total. The van der Waals surface area contributed by atoms with Gasteiger partial charge in [-0.1, -0.05) is 0 Å². The summed E-state index contributed by atoms with van der Waals surface area (Å²) in [4.78, 5) is 16.1. The SMILES string of the molecule is CN=C(NCCCOC1CCOCC1)NCC(C)(C)NC(=O)OC(C)(C)C.I. The first-order valence-corrected chi connectivity index (χ1v) is 9.76. The van der Waals surface area contributed by atoms with Crippen LogP contribution in [0.5, 0.6) is 0 Å². The molecule has 166 valence electrons. The van der Waals surface area contributed by atoms with Crippen LogP contribution in [0.15, 0.2) is 4.99 Å². The van der Waals surface area contributed by atoms with Crippen molar-refractivity contribution < 1.29 is 19.0 Å². The molecule has 1 aliphatic heterocycles. The minimum atomic E-state index is -0.516. The van der Waals surface area contributed by atoms with Gasteiger partial charge in [0.15, 0.2) is 5.96 Å². The highest BCUT2D eigenvalue weighted by atomic mass is 127. The Morgan fingerprint density at radius 2 is 1.79 bits per heavy atom. The highest BCUT2D eigenvalue weighted by Gasteiger charge is 2.24. The molecule has 1 amide bonds. The van der Waals surface area contributed by atoms with Crippen molar-refractivity contribution in [2.45, 2.75) is 71.1 Å². The Balaban J connectivity index is 0.00000729. The topological polar surface area (TPSA) is 93.2 Å². The Labute approximate surface area is 186 Å². The van der Waals surface area contributed by atoms with Gasteiger partial charge in [0.05, 0.1) is 11.6 Å². The minimum Gasteiger partial charge on any atom is -0.444 e. The van der Waals surface area contributed by atoms with E-state index in [1.54, 1.807) is 7.05 Å².